The Labute approximate surface area is 167 Å². The standard InChI is InChI=1S/C21H31N5O2/c1-5-26-19(15-24(2)3)22-23-21(26)16-10-12-25(13-11-16)20(27)14-17-8-6-7-9-18(17)28-4/h6-9,16H,5,10-15H2,1-4H3. The summed E-state index contributed by atoms with van der Waals surface area (Å²) in [6.07, 6.45) is 2.24. The predicted octanol–water partition coefficient (Wildman–Crippen LogP) is 2.32. The van der Waals surface area contributed by atoms with Gasteiger partial charge in [0.05, 0.1) is 20.1 Å². The number of hydrogen-bond donors (Lipinski definition) is 0. The molecule has 7 nitrogen and oxygen atoms in total. The van der Waals surface area contributed by atoms with Crippen LogP contribution in [0.3, 0.4) is 0 Å². The topological polar surface area (TPSA) is 63.5 Å². The molecule has 0 atom stereocenters. The van der Waals surface area contributed by atoms with Crippen molar-refractivity contribution >= 4 is 5.91 Å². The van der Waals surface area contributed by atoms with E-state index in [1.807, 2.05) is 43.3 Å². The molecule has 2 heterocycles. The molecular weight excluding hydrogens is 354 g/mol. The predicted molar refractivity (Wildman–Crippen MR) is 108 cm³/mol. The third-order valence-electron chi connectivity index (χ3n) is 5.38. The molecule has 1 aromatic carbocycles. The Balaban J connectivity index is 1.61. The number of ether oxygens (including phenoxy) is 1. The third-order valence-corrected chi connectivity index (χ3v) is 5.38. The van der Waals surface area contributed by atoms with Crippen molar-refractivity contribution in [3.63, 3.8) is 0 Å². The van der Waals surface area contributed by atoms with Gasteiger partial charge in [-0.25, -0.2) is 0 Å². The lowest BCUT2D eigenvalue weighted by Gasteiger charge is -2.32. The van der Waals surface area contributed by atoms with Crippen molar-refractivity contribution in [2.45, 2.75) is 45.2 Å². The number of hydrogen-bond acceptors (Lipinski definition) is 5. The summed E-state index contributed by atoms with van der Waals surface area (Å²) < 4.78 is 7.60. The van der Waals surface area contributed by atoms with Crippen LogP contribution in [0.4, 0.5) is 0 Å². The van der Waals surface area contributed by atoms with Gasteiger partial charge in [-0.15, -0.1) is 10.2 Å². The molecule has 152 valence electrons. The maximum absolute atomic E-state index is 12.8. The van der Waals surface area contributed by atoms with Crippen LogP contribution in [0.15, 0.2) is 24.3 Å². The second-order valence-electron chi connectivity index (χ2n) is 7.60. The van der Waals surface area contributed by atoms with Crippen LogP contribution in [0, 0.1) is 0 Å². The van der Waals surface area contributed by atoms with Gasteiger partial charge >= 0.3 is 0 Å². The second-order valence-corrected chi connectivity index (χ2v) is 7.60. The number of para-hydroxylation sites is 1. The molecule has 7 heteroatoms. The van der Waals surface area contributed by atoms with Crippen LogP contribution in [-0.2, 0) is 24.3 Å². The lowest BCUT2D eigenvalue weighted by atomic mass is 9.95. The lowest BCUT2D eigenvalue weighted by molar-refractivity contribution is -0.131. The van der Waals surface area contributed by atoms with Crippen LogP contribution < -0.4 is 4.74 Å². The number of carbonyl (C=O) groups excluding carboxylic acids is 1. The van der Waals surface area contributed by atoms with E-state index in [9.17, 15) is 4.79 Å². The van der Waals surface area contributed by atoms with Gasteiger partial charge in [-0.1, -0.05) is 18.2 Å². The monoisotopic (exact) mass is 385 g/mol. The number of nitrogens with zero attached hydrogens (tertiary/aromatic N) is 5. The molecule has 0 radical (unpaired) electrons. The number of methoxy groups -OCH3 is 1. The first-order chi connectivity index (χ1) is 13.5. The van der Waals surface area contributed by atoms with Crippen molar-refractivity contribution < 1.29 is 9.53 Å². The van der Waals surface area contributed by atoms with Gasteiger partial charge in [-0.3, -0.25) is 4.79 Å². The van der Waals surface area contributed by atoms with Gasteiger partial charge in [0.15, 0.2) is 0 Å². The zero-order valence-corrected chi connectivity index (χ0v) is 17.4. The first-order valence-electron chi connectivity index (χ1n) is 9.99. The van der Waals surface area contributed by atoms with E-state index >= 15 is 0 Å². The Morgan fingerprint density at radius 1 is 1.21 bits per heavy atom. The van der Waals surface area contributed by atoms with Crippen LogP contribution in [0.25, 0.3) is 0 Å². The van der Waals surface area contributed by atoms with Crippen LogP contribution in [0.2, 0.25) is 0 Å². The summed E-state index contributed by atoms with van der Waals surface area (Å²) in [5.74, 6) is 3.37. The summed E-state index contributed by atoms with van der Waals surface area (Å²) in [7, 11) is 5.73. The Bertz CT molecular complexity index is 794. The normalized spacial score (nSPS) is 15.2. The number of aromatic nitrogens is 3. The van der Waals surface area contributed by atoms with Crippen molar-refractivity contribution in [3.8, 4) is 5.75 Å². The van der Waals surface area contributed by atoms with Crippen molar-refractivity contribution in [1.29, 1.82) is 0 Å². The minimum Gasteiger partial charge on any atom is -0.496 e. The first-order valence-corrected chi connectivity index (χ1v) is 9.99. The summed E-state index contributed by atoms with van der Waals surface area (Å²) >= 11 is 0. The van der Waals surface area contributed by atoms with Crippen molar-refractivity contribution in [2.75, 3.05) is 34.3 Å². The highest BCUT2D eigenvalue weighted by Gasteiger charge is 2.28. The van der Waals surface area contributed by atoms with E-state index in [1.165, 1.54) is 0 Å². The molecule has 0 saturated carbocycles. The quantitative estimate of drug-likeness (QED) is 0.732. The van der Waals surface area contributed by atoms with E-state index in [0.29, 0.717) is 12.3 Å². The molecule has 28 heavy (non-hydrogen) atoms. The summed E-state index contributed by atoms with van der Waals surface area (Å²) in [6, 6.07) is 7.73. The van der Waals surface area contributed by atoms with Gasteiger partial charge in [-0.2, -0.15) is 0 Å². The fourth-order valence-corrected chi connectivity index (χ4v) is 3.91. The number of piperidine rings is 1. The summed E-state index contributed by atoms with van der Waals surface area (Å²) in [5.41, 5.74) is 0.941. The maximum atomic E-state index is 12.8. The van der Waals surface area contributed by atoms with E-state index in [2.05, 4.69) is 26.6 Å². The summed E-state index contributed by atoms with van der Waals surface area (Å²) in [4.78, 5) is 16.8. The Hall–Kier alpha value is -2.41. The van der Waals surface area contributed by atoms with Crippen LogP contribution in [0.1, 0.15) is 42.9 Å². The molecule has 0 bridgehead atoms. The number of benzene rings is 1. The van der Waals surface area contributed by atoms with Crippen molar-refractivity contribution in [3.05, 3.63) is 41.5 Å². The molecule has 0 N–H and O–H groups in total. The molecule has 1 aromatic heterocycles. The van der Waals surface area contributed by atoms with E-state index in [0.717, 1.165) is 62.0 Å². The van der Waals surface area contributed by atoms with E-state index in [4.69, 9.17) is 4.74 Å². The first kappa shape index (κ1) is 20.3. The summed E-state index contributed by atoms with van der Waals surface area (Å²) in [6.45, 7) is 5.32. The zero-order valence-electron chi connectivity index (χ0n) is 17.4. The Kier molecular flexibility index (Phi) is 6.67. The number of amides is 1. The molecule has 1 fully saturated rings. The molecule has 2 aromatic rings. The molecule has 0 unspecified atom stereocenters. The second kappa shape index (κ2) is 9.19. The molecule has 1 amide bonds. The van der Waals surface area contributed by atoms with Gasteiger partial charge in [0, 0.05) is 31.1 Å². The average molecular weight is 386 g/mol. The van der Waals surface area contributed by atoms with Gasteiger partial charge in [0.2, 0.25) is 5.91 Å². The minimum absolute atomic E-state index is 0.160. The van der Waals surface area contributed by atoms with Crippen molar-refractivity contribution in [1.82, 2.24) is 24.6 Å². The molecule has 0 aliphatic carbocycles. The molecule has 0 spiro atoms. The number of likely N-dealkylation sites (tertiary alicyclic amines) is 1. The van der Waals surface area contributed by atoms with E-state index < -0.39 is 0 Å². The van der Waals surface area contributed by atoms with Crippen LogP contribution in [0.5, 0.6) is 5.75 Å². The molecule has 1 aliphatic heterocycles. The number of rotatable bonds is 7. The van der Waals surface area contributed by atoms with Crippen molar-refractivity contribution in [2.24, 2.45) is 0 Å². The van der Waals surface area contributed by atoms with E-state index in [1.54, 1.807) is 7.11 Å². The number of carbonyl (C=O) groups is 1. The third kappa shape index (κ3) is 4.52. The largest absolute Gasteiger partial charge is 0.496 e. The van der Waals surface area contributed by atoms with E-state index in [-0.39, 0.29) is 5.91 Å². The fraction of sp³-hybridized carbons (Fsp3) is 0.571. The van der Waals surface area contributed by atoms with Crippen LogP contribution in [-0.4, -0.2) is 64.8 Å². The lowest BCUT2D eigenvalue weighted by Crippen LogP contribution is -2.39. The highest BCUT2D eigenvalue weighted by molar-refractivity contribution is 5.79. The highest BCUT2D eigenvalue weighted by atomic mass is 16.5. The van der Waals surface area contributed by atoms with Crippen LogP contribution >= 0.6 is 0 Å². The molecule has 3 rings (SSSR count). The maximum Gasteiger partial charge on any atom is 0.227 e. The highest BCUT2D eigenvalue weighted by Crippen LogP contribution is 2.28. The Morgan fingerprint density at radius 2 is 1.93 bits per heavy atom. The van der Waals surface area contributed by atoms with Gasteiger partial charge < -0.3 is 19.1 Å². The average Bonchev–Trinajstić information content (AvgIpc) is 3.10. The zero-order chi connectivity index (χ0) is 20.1. The molecular formula is C21H31N5O2. The van der Waals surface area contributed by atoms with Gasteiger partial charge in [0.1, 0.15) is 17.4 Å². The van der Waals surface area contributed by atoms with Gasteiger partial charge in [0.25, 0.3) is 0 Å². The van der Waals surface area contributed by atoms with Gasteiger partial charge in [-0.05, 0) is 39.9 Å². The molecule has 1 saturated heterocycles. The smallest absolute Gasteiger partial charge is 0.227 e. The minimum atomic E-state index is 0.160. The Morgan fingerprint density at radius 3 is 2.57 bits per heavy atom. The fourth-order valence-electron chi connectivity index (χ4n) is 3.91. The summed E-state index contributed by atoms with van der Waals surface area (Å²) in [5, 5.41) is 8.90. The SMILES string of the molecule is CCn1c(CN(C)C)nnc1C1CCN(C(=O)Cc2ccccc2OC)CC1. The molecule has 1 aliphatic rings.